The summed E-state index contributed by atoms with van der Waals surface area (Å²) in [6.45, 7) is 1.98. The van der Waals surface area contributed by atoms with Crippen LogP contribution in [0.15, 0.2) is 109 Å². The van der Waals surface area contributed by atoms with Gasteiger partial charge in [0, 0.05) is 19.4 Å². The number of carbonyl (C=O) groups excluding carboxylic acids is 2. The van der Waals surface area contributed by atoms with Gasteiger partial charge in [-0.3, -0.25) is 9.69 Å². The molecule has 1 saturated heterocycles. The zero-order chi connectivity index (χ0) is 27.9. The van der Waals surface area contributed by atoms with E-state index in [-0.39, 0.29) is 24.4 Å². The van der Waals surface area contributed by atoms with Gasteiger partial charge in [0.1, 0.15) is 5.60 Å². The van der Waals surface area contributed by atoms with E-state index in [0.29, 0.717) is 0 Å². The van der Waals surface area contributed by atoms with Crippen molar-refractivity contribution >= 4 is 11.9 Å². The smallest absolute Gasteiger partial charge is 0.327 e. The normalized spacial score (nSPS) is 20.4. The molecule has 0 unspecified atom stereocenters. The Hall–Kier alpha value is -4.22. The molecule has 4 aromatic carbocycles. The molecule has 1 aliphatic carbocycles. The van der Waals surface area contributed by atoms with Crippen LogP contribution >= 0.6 is 0 Å². The lowest BCUT2D eigenvalue weighted by molar-refractivity contribution is -0.131. The molecule has 1 fully saturated rings. The molecule has 0 bridgehead atoms. The number of fused-ring (bicyclic) bond motifs is 2. The van der Waals surface area contributed by atoms with Crippen molar-refractivity contribution in [1.82, 2.24) is 9.80 Å². The van der Waals surface area contributed by atoms with Crippen molar-refractivity contribution in [2.75, 3.05) is 7.05 Å². The lowest BCUT2D eigenvalue weighted by Crippen LogP contribution is -2.42. The van der Waals surface area contributed by atoms with Gasteiger partial charge in [-0.1, -0.05) is 109 Å². The average molecular weight is 531 g/mol. The third-order valence-electron chi connectivity index (χ3n) is 8.87. The molecule has 0 spiro atoms. The van der Waals surface area contributed by atoms with Crippen molar-refractivity contribution in [3.8, 4) is 0 Å². The Morgan fingerprint density at radius 2 is 1.32 bits per heavy atom. The van der Waals surface area contributed by atoms with Crippen molar-refractivity contribution in [3.63, 3.8) is 0 Å². The number of imide groups is 1. The summed E-state index contributed by atoms with van der Waals surface area (Å²) in [7, 11) is 1.75. The molecular formula is C35H34N2O3. The quantitative estimate of drug-likeness (QED) is 0.333. The number of aliphatic hydroxyl groups is 1. The van der Waals surface area contributed by atoms with Crippen LogP contribution in [0.2, 0.25) is 0 Å². The first kappa shape index (κ1) is 26.0. The highest BCUT2D eigenvalue weighted by Gasteiger charge is 2.50. The second-order valence-corrected chi connectivity index (χ2v) is 11.0. The maximum absolute atomic E-state index is 14.4. The molecule has 6 rings (SSSR count). The largest absolute Gasteiger partial charge is 0.380 e. The molecule has 1 aliphatic heterocycles. The zero-order valence-corrected chi connectivity index (χ0v) is 22.9. The van der Waals surface area contributed by atoms with E-state index < -0.39 is 17.6 Å². The van der Waals surface area contributed by atoms with Crippen LogP contribution in [-0.2, 0) is 23.2 Å². The predicted molar refractivity (Wildman–Crippen MR) is 156 cm³/mol. The SMILES string of the molecule is C[C@@H]1[C@H](c2ccccc2)N(C(=O)C[C@H](c2ccccc2)C2(O)c3ccccc3CCc3ccccc32)C(=O)N1C. The van der Waals surface area contributed by atoms with Crippen molar-refractivity contribution in [2.24, 2.45) is 0 Å². The van der Waals surface area contributed by atoms with Gasteiger partial charge in [-0.25, -0.2) is 4.79 Å². The van der Waals surface area contributed by atoms with Gasteiger partial charge < -0.3 is 10.0 Å². The third-order valence-corrected chi connectivity index (χ3v) is 8.87. The highest BCUT2D eigenvalue weighted by atomic mass is 16.3. The molecule has 202 valence electrons. The van der Waals surface area contributed by atoms with Gasteiger partial charge in [-0.15, -0.1) is 0 Å². The van der Waals surface area contributed by atoms with Crippen LogP contribution in [0, 0.1) is 0 Å². The maximum Gasteiger partial charge on any atom is 0.327 e. The molecule has 0 aromatic heterocycles. The van der Waals surface area contributed by atoms with E-state index in [2.05, 4.69) is 12.1 Å². The van der Waals surface area contributed by atoms with Gasteiger partial charge in [0.2, 0.25) is 5.91 Å². The van der Waals surface area contributed by atoms with E-state index in [9.17, 15) is 14.7 Å². The molecule has 2 aliphatic rings. The molecule has 3 atom stereocenters. The number of hydrogen-bond donors (Lipinski definition) is 1. The van der Waals surface area contributed by atoms with Crippen LogP contribution in [0.1, 0.15) is 58.7 Å². The number of carbonyl (C=O) groups is 2. The zero-order valence-electron chi connectivity index (χ0n) is 22.9. The standard InChI is InChI=1S/C35H34N2O3/c1-24-33(28-17-7-4-8-18-28)37(34(39)36(24)2)32(38)23-31(25-13-5-3-6-14-25)35(40)29-19-11-9-15-26(29)21-22-27-16-10-12-20-30(27)35/h3-20,24,31,33,40H,21-23H2,1-2H3/t24-,31-,33-/m1/s1. The second-order valence-electron chi connectivity index (χ2n) is 11.0. The molecule has 5 heteroatoms. The first-order valence-corrected chi connectivity index (χ1v) is 14.0. The Balaban J connectivity index is 1.50. The van der Waals surface area contributed by atoms with Crippen molar-refractivity contribution in [2.45, 2.75) is 49.8 Å². The van der Waals surface area contributed by atoms with Crippen LogP contribution in [-0.4, -0.2) is 39.9 Å². The number of nitrogens with zero attached hydrogens (tertiary/aromatic N) is 2. The fourth-order valence-electron chi connectivity index (χ4n) is 6.71. The minimum atomic E-state index is -1.47. The summed E-state index contributed by atoms with van der Waals surface area (Å²) in [5.41, 5.74) is 4.09. The summed E-state index contributed by atoms with van der Waals surface area (Å²) >= 11 is 0. The molecule has 0 saturated carbocycles. The van der Waals surface area contributed by atoms with Crippen LogP contribution in [0.3, 0.4) is 0 Å². The molecule has 1 N–H and O–H groups in total. The summed E-state index contributed by atoms with van der Waals surface area (Å²) in [6.07, 6.45) is 1.57. The molecule has 5 nitrogen and oxygen atoms in total. The summed E-state index contributed by atoms with van der Waals surface area (Å²) < 4.78 is 0. The number of aryl methyl sites for hydroxylation is 2. The Bertz CT molecular complexity index is 1490. The minimum absolute atomic E-state index is 0.0290. The van der Waals surface area contributed by atoms with Crippen LogP contribution in [0.25, 0.3) is 0 Å². The summed E-state index contributed by atoms with van der Waals surface area (Å²) in [4.78, 5) is 31.0. The number of urea groups is 1. The topological polar surface area (TPSA) is 60.9 Å². The van der Waals surface area contributed by atoms with Crippen LogP contribution in [0.5, 0.6) is 0 Å². The van der Waals surface area contributed by atoms with Crippen LogP contribution < -0.4 is 0 Å². The molecule has 1 heterocycles. The molecule has 40 heavy (non-hydrogen) atoms. The summed E-state index contributed by atoms with van der Waals surface area (Å²) in [6, 6.07) is 34.6. The Labute approximate surface area is 235 Å². The van der Waals surface area contributed by atoms with Crippen molar-refractivity contribution in [3.05, 3.63) is 143 Å². The Kier molecular flexibility index (Phi) is 6.77. The Morgan fingerprint density at radius 1 is 0.825 bits per heavy atom. The number of rotatable bonds is 5. The number of likely N-dealkylation sites (N-methyl/N-ethyl adjacent to an activating group) is 1. The predicted octanol–water partition coefficient (Wildman–Crippen LogP) is 6.22. The van der Waals surface area contributed by atoms with Crippen LogP contribution in [0.4, 0.5) is 4.79 Å². The monoisotopic (exact) mass is 530 g/mol. The fraction of sp³-hybridized carbons (Fsp3) is 0.257. The van der Waals surface area contributed by atoms with Gasteiger partial charge in [0.15, 0.2) is 0 Å². The van der Waals surface area contributed by atoms with E-state index in [1.807, 2.05) is 104 Å². The highest BCUT2D eigenvalue weighted by molar-refractivity contribution is 5.97. The molecule has 0 radical (unpaired) electrons. The third kappa shape index (κ3) is 4.22. The maximum atomic E-state index is 14.4. The lowest BCUT2D eigenvalue weighted by atomic mass is 9.70. The number of benzene rings is 4. The van der Waals surface area contributed by atoms with Gasteiger partial charge in [-0.05, 0) is 53.1 Å². The van der Waals surface area contributed by atoms with Gasteiger partial charge in [0.25, 0.3) is 0 Å². The van der Waals surface area contributed by atoms with Crippen molar-refractivity contribution < 1.29 is 14.7 Å². The first-order valence-electron chi connectivity index (χ1n) is 14.0. The van der Waals surface area contributed by atoms with Crippen molar-refractivity contribution in [1.29, 1.82) is 0 Å². The highest BCUT2D eigenvalue weighted by Crippen LogP contribution is 2.49. The fourth-order valence-corrected chi connectivity index (χ4v) is 6.71. The minimum Gasteiger partial charge on any atom is -0.380 e. The molecular weight excluding hydrogens is 496 g/mol. The second kappa shape index (κ2) is 10.4. The molecule has 3 amide bonds. The number of hydrogen-bond acceptors (Lipinski definition) is 3. The average Bonchev–Trinajstić information content (AvgIpc) is 3.14. The van der Waals surface area contributed by atoms with E-state index in [1.165, 1.54) is 4.90 Å². The number of amides is 3. The van der Waals surface area contributed by atoms with E-state index in [4.69, 9.17) is 0 Å². The van der Waals surface area contributed by atoms with Gasteiger partial charge >= 0.3 is 6.03 Å². The van der Waals surface area contributed by atoms with E-state index in [0.717, 1.165) is 46.2 Å². The first-order chi connectivity index (χ1) is 19.4. The van der Waals surface area contributed by atoms with E-state index in [1.54, 1.807) is 11.9 Å². The van der Waals surface area contributed by atoms with Gasteiger partial charge in [0.05, 0.1) is 12.1 Å². The lowest BCUT2D eigenvalue weighted by Gasteiger charge is -2.39. The summed E-state index contributed by atoms with van der Waals surface area (Å²) in [5, 5.41) is 13.0. The summed E-state index contributed by atoms with van der Waals surface area (Å²) in [5.74, 6) is -0.913. The van der Waals surface area contributed by atoms with Gasteiger partial charge in [-0.2, -0.15) is 0 Å². The Morgan fingerprint density at radius 3 is 1.90 bits per heavy atom. The van der Waals surface area contributed by atoms with E-state index >= 15 is 0 Å². The molecule has 4 aromatic rings.